The molecule has 1 fully saturated rings. The second-order valence-corrected chi connectivity index (χ2v) is 6.29. The number of nitrogens with zero attached hydrogens (tertiary/aromatic N) is 3. The van der Waals surface area contributed by atoms with Gasteiger partial charge >= 0.3 is 5.69 Å². The number of nitrogens with one attached hydrogen (secondary N) is 2. The SMILES string of the molecule is C=CC(=O)Nc1cccc(C(=O)N2CCC(c3n[nH]c(=O)n3C)CC2)c1. The number of carbonyl (C=O) groups excluding carboxylic acids is 2. The minimum absolute atomic E-state index is 0.0749. The van der Waals surface area contributed by atoms with Gasteiger partial charge in [0.2, 0.25) is 5.91 Å². The van der Waals surface area contributed by atoms with E-state index < -0.39 is 0 Å². The lowest BCUT2D eigenvalue weighted by molar-refractivity contribution is -0.111. The van der Waals surface area contributed by atoms with E-state index in [0.29, 0.717) is 24.3 Å². The molecule has 2 amide bonds. The van der Waals surface area contributed by atoms with Crippen molar-refractivity contribution in [3.63, 3.8) is 0 Å². The highest BCUT2D eigenvalue weighted by atomic mass is 16.2. The van der Waals surface area contributed by atoms with Crippen molar-refractivity contribution in [1.29, 1.82) is 0 Å². The van der Waals surface area contributed by atoms with Crippen LogP contribution in [0.15, 0.2) is 41.7 Å². The first-order valence-corrected chi connectivity index (χ1v) is 8.43. The largest absolute Gasteiger partial charge is 0.343 e. The van der Waals surface area contributed by atoms with E-state index in [1.54, 1.807) is 36.2 Å². The van der Waals surface area contributed by atoms with Gasteiger partial charge in [0.25, 0.3) is 5.91 Å². The fourth-order valence-corrected chi connectivity index (χ4v) is 3.17. The second kappa shape index (κ2) is 7.38. The van der Waals surface area contributed by atoms with E-state index >= 15 is 0 Å². The quantitative estimate of drug-likeness (QED) is 0.806. The predicted octanol–water partition coefficient (Wildman–Crippen LogP) is 1.25. The van der Waals surface area contributed by atoms with Crippen LogP contribution in [0.5, 0.6) is 0 Å². The third-order valence-corrected chi connectivity index (χ3v) is 4.62. The highest BCUT2D eigenvalue weighted by Crippen LogP contribution is 2.26. The number of carbonyl (C=O) groups is 2. The molecule has 1 aliphatic rings. The molecule has 0 radical (unpaired) electrons. The summed E-state index contributed by atoms with van der Waals surface area (Å²) in [7, 11) is 1.70. The van der Waals surface area contributed by atoms with Crippen LogP contribution in [0.4, 0.5) is 5.69 Å². The predicted molar refractivity (Wildman–Crippen MR) is 97.0 cm³/mol. The minimum Gasteiger partial charge on any atom is -0.339 e. The molecule has 0 atom stereocenters. The molecule has 3 rings (SSSR count). The molecule has 1 aliphatic heterocycles. The molecule has 2 heterocycles. The topological polar surface area (TPSA) is 100 Å². The van der Waals surface area contributed by atoms with Crippen LogP contribution in [0, 0.1) is 0 Å². The highest BCUT2D eigenvalue weighted by molar-refractivity contribution is 6.00. The zero-order valence-electron chi connectivity index (χ0n) is 14.6. The molecular weight excluding hydrogens is 334 g/mol. The molecule has 1 aromatic carbocycles. The summed E-state index contributed by atoms with van der Waals surface area (Å²) < 4.78 is 1.52. The van der Waals surface area contributed by atoms with Gasteiger partial charge in [0.1, 0.15) is 5.82 Å². The fourth-order valence-electron chi connectivity index (χ4n) is 3.17. The summed E-state index contributed by atoms with van der Waals surface area (Å²) >= 11 is 0. The number of hydrogen-bond donors (Lipinski definition) is 2. The number of likely N-dealkylation sites (tertiary alicyclic amines) is 1. The fraction of sp³-hybridized carbons (Fsp3) is 0.333. The number of benzene rings is 1. The van der Waals surface area contributed by atoms with Crippen molar-refractivity contribution < 1.29 is 9.59 Å². The Morgan fingerprint density at radius 2 is 2.08 bits per heavy atom. The van der Waals surface area contributed by atoms with E-state index in [4.69, 9.17) is 0 Å². The molecule has 0 unspecified atom stereocenters. The number of amides is 2. The van der Waals surface area contributed by atoms with E-state index in [1.807, 2.05) is 0 Å². The number of aromatic amines is 1. The maximum Gasteiger partial charge on any atom is 0.343 e. The Hall–Kier alpha value is -3.16. The molecule has 8 heteroatoms. The normalized spacial score (nSPS) is 14.9. The minimum atomic E-state index is -0.319. The van der Waals surface area contributed by atoms with E-state index in [1.165, 1.54) is 10.6 Å². The molecule has 2 aromatic rings. The van der Waals surface area contributed by atoms with Gasteiger partial charge in [-0.2, -0.15) is 5.10 Å². The van der Waals surface area contributed by atoms with Crippen LogP contribution in [0.2, 0.25) is 0 Å². The van der Waals surface area contributed by atoms with Crippen LogP contribution in [-0.4, -0.2) is 44.6 Å². The van der Waals surface area contributed by atoms with Gasteiger partial charge in [-0.25, -0.2) is 9.89 Å². The third-order valence-electron chi connectivity index (χ3n) is 4.62. The van der Waals surface area contributed by atoms with Gasteiger partial charge in [-0.1, -0.05) is 12.6 Å². The van der Waals surface area contributed by atoms with Crippen molar-refractivity contribution in [2.45, 2.75) is 18.8 Å². The van der Waals surface area contributed by atoms with Crippen LogP contribution in [0.1, 0.15) is 34.9 Å². The summed E-state index contributed by atoms with van der Waals surface area (Å²) in [4.78, 5) is 37.4. The first-order valence-electron chi connectivity index (χ1n) is 8.43. The van der Waals surface area contributed by atoms with Crippen LogP contribution >= 0.6 is 0 Å². The molecule has 0 aliphatic carbocycles. The molecule has 1 saturated heterocycles. The van der Waals surface area contributed by atoms with Gasteiger partial charge in [0.05, 0.1) is 0 Å². The van der Waals surface area contributed by atoms with Crippen molar-refractivity contribution in [3.8, 4) is 0 Å². The van der Waals surface area contributed by atoms with E-state index in [0.717, 1.165) is 18.7 Å². The standard InChI is InChI=1S/C18H21N5O3/c1-3-15(24)19-14-6-4-5-13(11-14)17(25)23-9-7-12(8-10-23)16-20-21-18(26)22(16)2/h3-6,11-12H,1,7-10H2,2H3,(H,19,24)(H,21,26). The average Bonchev–Trinajstić information content (AvgIpc) is 3.00. The van der Waals surface area contributed by atoms with Gasteiger partial charge < -0.3 is 10.2 Å². The Kier molecular flexibility index (Phi) is 5.01. The Morgan fingerprint density at radius 1 is 1.35 bits per heavy atom. The van der Waals surface area contributed by atoms with Crippen molar-refractivity contribution in [2.24, 2.45) is 7.05 Å². The van der Waals surface area contributed by atoms with E-state index in [9.17, 15) is 14.4 Å². The first kappa shape index (κ1) is 17.7. The lowest BCUT2D eigenvalue weighted by Gasteiger charge is -2.31. The summed E-state index contributed by atoms with van der Waals surface area (Å²) in [5.74, 6) is 0.492. The zero-order valence-corrected chi connectivity index (χ0v) is 14.6. The summed E-state index contributed by atoms with van der Waals surface area (Å²) in [6.07, 6.45) is 2.68. The summed E-state index contributed by atoms with van der Waals surface area (Å²) in [6.45, 7) is 4.59. The number of piperidine rings is 1. The van der Waals surface area contributed by atoms with Gasteiger partial charge in [-0.3, -0.25) is 14.2 Å². The molecule has 0 bridgehead atoms. The van der Waals surface area contributed by atoms with Crippen LogP contribution in [0.25, 0.3) is 0 Å². The van der Waals surface area contributed by atoms with Gasteiger partial charge in [-0.15, -0.1) is 0 Å². The Morgan fingerprint density at radius 3 is 2.69 bits per heavy atom. The van der Waals surface area contributed by atoms with Crippen molar-refractivity contribution in [2.75, 3.05) is 18.4 Å². The van der Waals surface area contributed by atoms with Crippen LogP contribution in [0.3, 0.4) is 0 Å². The molecule has 136 valence electrons. The third kappa shape index (κ3) is 3.58. The van der Waals surface area contributed by atoms with Crippen LogP contribution < -0.4 is 11.0 Å². The molecular formula is C18H21N5O3. The number of H-pyrrole nitrogens is 1. The molecule has 8 nitrogen and oxygen atoms in total. The van der Waals surface area contributed by atoms with Crippen LogP contribution in [-0.2, 0) is 11.8 Å². The lowest BCUT2D eigenvalue weighted by Crippen LogP contribution is -2.38. The molecule has 1 aromatic heterocycles. The number of hydrogen-bond acceptors (Lipinski definition) is 4. The molecule has 2 N–H and O–H groups in total. The number of aromatic nitrogens is 3. The maximum absolute atomic E-state index is 12.7. The lowest BCUT2D eigenvalue weighted by atomic mass is 9.95. The van der Waals surface area contributed by atoms with E-state index in [2.05, 4.69) is 22.1 Å². The summed E-state index contributed by atoms with van der Waals surface area (Å²) in [5, 5.41) is 9.20. The summed E-state index contributed by atoms with van der Waals surface area (Å²) in [6, 6.07) is 6.85. The Labute approximate surface area is 150 Å². The number of anilines is 1. The van der Waals surface area contributed by atoms with Crippen molar-refractivity contribution in [3.05, 3.63) is 58.8 Å². The van der Waals surface area contributed by atoms with Gasteiger partial charge in [0.15, 0.2) is 0 Å². The first-order chi connectivity index (χ1) is 12.5. The molecule has 0 saturated carbocycles. The smallest absolute Gasteiger partial charge is 0.339 e. The summed E-state index contributed by atoms with van der Waals surface area (Å²) in [5.41, 5.74) is 0.858. The van der Waals surface area contributed by atoms with Gasteiger partial charge in [-0.05, 0) is 37.1 Å². The maximum atomic E-state index is 12.7. The average molecular weight is 355 g/mol. The van der Waals surface area contributed by atoms with E-state index in [-0.39, 0.29) is 23.4 Å². The molecule has 26 heavy (non-hydrogen) atoms. The highest BCUT2D eigenvalue weighted by Gasteiger charge is 2.27. The van der Waals surface area contributed by atoms with Gasteiger partial charge in [0, 0.05) is 37.3 Å². The molecule has 0 spiro atoms. The Balaban J connectivity index is 1.66. The zero-order chi connectivity index (χ0) is 18.7. The second-order valence-electron chi connectivity index (χ2n) is 6.29. The van der Waals surface area contributed by atoms with Crippen molar-refractivity contribution in [1.82, 2.24) is 19.7 Å². The monoisotopic (exact) mass is 355 g/mol. The Bertz CT molecular complexity index is 890. The van der Waals surface area contributed by atoms with Crippen molar-refractivity contribution >= 4 is 17.5 Å². The number of rotatable bonds is 4.